The molecule has 24 heavy (non-hydrogen) atoms. The fraction of sp³-hybridized carbons (Fsp3) is 0.562. The van der Waals surface area contributed by atoms with Gasteiger partial charge in [-0.2, -0.15) is 0 Å². The number of carbonyl (C=O) groups is 3. The van der Waals surface area contributed by atoms with Crippen LogP contribution in [0.15, 0.2) is 0 Å². The van der Waals surface area contributed by atoms with Gasteiger partial charge in [-0.1, -0.05) is 13.8 Å². The molecule has 0 spiro atoms. The molecule has 0 saturated carbocycles. The molecule has 0 atom stereocenters. The summed E-state index contributed by atoms with van der Waals surface area (Å²) in [5.41, 5.74) is 1.24. The molecule has 1 aliphatic rings. The highest BCUT2D eigenvalue weighted by Gasteiger charge is 2.31. The van der Waals surface area contributed by atoms with Crippen LogP contribution in [0, 0.1) is 5.92 Å². The van der Waals surface area contributed by atoms with Crippen LogP contribution < -0.4 is 5.32 Å². The monoisotopic (exact) mass is 354 g/mol. The summed E-state index contributed by atoms with van der Waals surface area (Å²) >= 11 is 1.31. The fourth-order valence-electron chi connectivity index (χ4n) is 2.44. The molecule has 1 aromatic heterocycles. The fourth-order valence-corrected chi connectivity index (χ4v) is 3.69. The average molecular weight is 354 g/mol. The summed E-state index contributed by atoms with van der Waals surface area (Å²) in [6.07, 6.45) is 0.149. The van der Waals surface area contributed by atoms with Gasteiger partial charge in [0.1, 0.15) is 5.00 Å². The van der Waals surface area contributed by atoms with E-state index in [9.17, 15) is 14.4 Å². The lowest BCUT2D eigenvalue weighted by Gasteiger charge is -2.26. The van der Waals surface area contributed by atoms with E-state index >= 15 is 0 Å². The number of ether oxygens (including phenoxy) is 2. The van der Waals surface area contributed by atoms with Crippen LogP contribution in [0.3, 0.4) is 0 Å². The maximum atomic E-state index is 12.2. The number of anilines is 1. The molecule has 0 saturated heterocycles. The molecular formula is C16H22N2O5S. The van der Waals surface area contributed by atoms with Gasteiger partial charge in [-0.3, -0.25) is 4.79 Å². The first-order valence-electron chi connectivity index (χ1n) is 7.84. The first-order valence-corrected chi connectivity index (χ1v) is 8.66. The zero-order chi connectivity index (χ0) is 17.9. The smallest absolute Gasteiger partial charge is 0.410 e. The second-order valence-electron chi connectivity index (χ2n) is 5.71. The SMILES string of the molecule is CCOC(=O)N1CCc2c(sc(NC(=O)C(C)C)c2C(=O)OC)C1. The van der Waals surface area contributed by atoms with Crippen molar-refractivity contribution in [1.29, 1.82) is 0 Å². The van der Waals surface area contributed by atoms with E-state index in [4.69, 9.17) is 9.47 Å². The highest BCUT2D eigenvalue weighted by Crippen LogP contribution is 2.38. The minimum absolute atomic E-state index is 0.166. The summed E-state index contributed by atoms with van der Waals surface area (Å²) < 4.78 is 9.90. The Morgan fingerprint density at radius 3 is 2.62 bits per heavy atom. The first-order chi connectivity index (χ1) is 11.4. The van der Waals surface area contributed by atoms with E-state index in [2.05, 4.69) is 5.32 Å². The molecular weight excluding hydrogens is 332 g/mol. The lowest BCUT2D eigenvalue weighted by atomic mass is 10.0. The number of nitrogens with zero attached hydrogens (tertiary/aromatic N) is 1. The molecule has 0 fully saturated rings. The molecule has 0 aliphatic carbocycles. The van der Waals surface area contributed by atoms with Crippen molar-refractivity contribution in [3.05, 3.63) is 16.0 Å². The van der Waals surface area contributed by atoms with E-state index in [1.807, 2.05) is 0 Å². The van der Waals surface area contributed by atoms with Gasteiger partial charge in [0.05, 0.1) is 25.8 Å². The van der Waals surface area contributed by atoms with Gasteiger partial charge < -0.3 is 19.7 Å². The molecule has 7 nitrogen and oxygen atoms in total. The number of rotatable bonds is 4. The molecule has 8 heteroatoms. The summed E-state index contributed by atoms with van der Waals surface area (Å²) in [7, 11) is 1.31. The van der Waals surface area contributed by atoms with Crippen molar-refractivity contribution in [2.75, 3.05) is 25.6 Å². The third-order valence-corrected chi connectivity index (χ3v) is 4.87. The maximum Gasteiger partial charge on any atom is 0.410 e. The Morgan fingerprint density at radius 2 is 2.04 bits per heavy atom. The highest BCUT2D eigenvalue weighted by molar-refractivity contribution is 7.17. The molecule has 2 amide bonds. The maximum absolute atomic E-state index is 12.2. The van der Waals surface area contributed by atoms with Gasteiger partial charge in [0.25, 0.3) is 0 Å². The van der Waals surface area contributed by atoms with Crippen molar-refractivity contribution in [3.63, 3.8) is 0 Å². The lowest BCUT2D eigenvalue weighted by Crippen LogP contribution is -2.36. The van der Waals surface area contributed by atoms with E-state index in [1.54, 1.807) is 25.7 Å². The quantitative estimate of drug-likeness (QED) is 0.840. The molecule has 0 radical (unpaired) electrons. The molecule has 2 rings (SSSR count). The molecule has 1 aliphatic heterocycles. The molecule has 0 aromatic carbocycles. The molecule has 0 bridgehead atoms. The van der Waals surface area contributed by atoms with E-state index in [1.165, 1.54) is 18.4 Å². The predicted octanol–water partition coefficient (Wildman–Crippen LogP) is 2.64. The van der Waals surface area contributed by atoms with Gasteiger partial charge in [-0.15, -0.1) is 11.3 Å². The molecule has 1 aromatic rings. The Labute approximate surface area is 144 Å². The average Bonchev–Trinajstić information content (AvgIpc) is 2.91. The number of esters is 1. The van der Waals surface area contributed by atoms with Gasteiger partial charge in [-0.05, 0) is 18.9 Å². The molecule has 1 N–H and O–H groups in total. The number of nitrogens with one attached hydrogen (secondary N) is 1. The third-order valence-electron chi connectivity index (χ3n) is 3.73. The van der Waals surface area contributed by atoms with Crippen LogP contribution in [-0.4, -0.2) is 43.1 Å². The minimum Gasteiger partial charge on any atom is -0.465 e. The van der Waals surface area contributed by atoms with Crippen molar-refractivity contribution in [2.45, 2.75) is 33.7 Å². The number of methoxy groups -OCH3 is 1. The van der Waals surface area contributed by atoms with E-state index in [0.717, 1.165) is 10.4 Å². The minimum atomic E-state index is -0.476. The number of hydrogen-bond acceptors (Lipinski definition) is 6. The number of fused-ring (bicyclic) bond motifs is 1. The van der Waals surface area contributed by atoms with Crippen LogP contribution in [-0.2, 0) is 27.2 Å². The Hall–Kier alpha value is -2.09. The van der Waals surface area contributed by atoms with E-state index < -0.39 is 5.97 Å². The highest BCUT2D eigenvalue weighted by atomic mass is 32.1. The van der Waals surface area contributed by atoms with Gasteiger partial charge in [0.15, 0.2) is 0 Å². The molecule has 132 valence electrons. The first kappa shape index (κ1) is 18.3. The van der Waals surface area contributed by atoms with Crippen molar-refractivity contribution in [3.8, 4) is 0 Å². The number of carbonyl (C=O) groups excluding carboxylic acids is 3. The van der Waals surface area contributed by atoms with Crippen LogP contribution in [0.5, 0.6) is 0 Å². The standard InChI is InChI=1S/C16H22N2O5S/c1-5-23-16(21)18-7-6-10-11(8-18)24-14(12(10)15(20)22-4)17-13(19)9(2)3/h9H,5-8H2,1-4H3,(H,17,19). The van der Waals surface area contributed by atoms with Gasteiger partial charge in [0.2, 0.25) is 5.91 Å². The summed E-state index contributed by atoms with van der Waals surface area (Å²) in [5, 5.41) is 3.28. The van der Waals surface area contributed by atoms with E-state index in [-0.39, 0.29) is 17.9 Å². The van der Waals surface area contributed by atoms with Gasteiger partial charge >= 0.3 is 12.1 Å². The zero-order valence-electron chi connectivity index (χ0n) is 14.3. The van der Waals surface area contributed by atoms with Crippen molar-refractivity contribution in [2.24, 2.45) is 5.92 Å². The Kier molecular flexibility index (Phi) is 5.82. The zero-order valence-corrected chi connectivity index (χ0v) is 15.1. The third kappa shape index (κ3) is 3.69. The second-order valence-corrected chi connectivity index (χ2v) is 6.82. The van der Waals surface area contributed by atoms with Gasteiger partial charge in [0, 0.05) is 17.3 Å². The molecule has 0 unspecified atom stereocenters. The summed E-state index contributed by atoms with van der Waals surface area (Å²) in [4.78, 5) is 38.5. The van der Waals surface area contributed by atoms with Crippen molar-refractivity contribution in [1.82, 2.24) is 4.90 Å². The second kappa shape index (κ2) is 7.65. The van der Waals surface area contributed by atoms with Crippen LogP contribution in [0.2, 0.25) is 0 Å². The Bertz CT molecular complexity index is 653. The van der Waals surface area contributed by atoms with Gasteiger partial charge in [-0.25, -0.2) is 9.59 Å². The molecule has 2 heterocycles. The number of hydrogen-bond donors (Lipinski definition) is 1. The van der Waals surface area contributed by atoms with Crippen molar-refractivity contribution >= 4 is 34.3 Å². The topological polar surface area (TPSA) is 84.9 Å². The predicted molar refractivity (Wildman–Crippen MR) is 90.3 cm³/mol. The largest absolute Gasteiger partial charge is 0.465 e. The van der Waals surface area contributed by atoms with E-state index in [0.29, 0.717) is 36.7 Å². The van der Waals surface area contributed by atoms with Crippen LogP contribution in [0.4, 0.5) is 9.80 Å². The summed E-state index contributed by atoms with van der Waals surface area (Å²) in [6, 6.07) is 0. The summed E-state index contributed by atoms with van der Waals surface area (Å²) in [6.45, 7) is 6.46. The van der Waals surface area contributed by atoms with Crippen LogP contribution in [0.25, 0.3) is 0 Å². The number of thiophene rings is 1. The van der Waals surface area contributed by atoms with Crippen molar-refractivity contribution < 1.29 is 23.9 Å². The van der Waals surface area contributed by atoms with Crippen LogP contribution >= 0.6 is 11.3 Å². The Morgan fingerprint density at radius 1 is 1.33 bits per heavy atom. The number of amides is 2. The summed E-state index contributed by atoms with van der Waals surface area (Å²) in [5.74, 6) is -0.845. The Balaban J connectivity index is 2.33. The van der Waals surface area contributed by atoms with Crippen LogP contribution in [0.1, 0.15) is 41.6 Å². The lowest BCUT2D eigenvalue weighted by molar-refractivity contribution is -0.118. The normalized spacial score (nSPS) is 13.5.